The highest BCUT2D eigenvalue weighted by atomic mass is 16.2. The first-order chi connectivity index (χ1) is 10.5. The summed E-state index contributed by atoms with van der Waals surface area (Å²) in [5.41, 5.74) is 2.08. The zero-order valence-corrected chi connectivity index (χ0v) is 13.9. The van der Waals surface area contributed by atoms with Gasteiger partial charge < -0.3 is 15.5 Å². The molecule has 7 heteroatoms. The minimum absolute atomic E-state index is 0.122. The summed E-state index contributed by atoms with van der Waals surface area (Å²) in [7, 11) is 3.88. The highest BCUT2D eigenvalue weighted by Crippen LogP contribution is 2.18. The first-order valence-corrected chi connectivity index (χ1v) is 7.73. The molecule has 1 fully saturated rings. The smallest absolute Gasteiger partial charge is 0.234 e. The normalized spacial score (nSPS) is 15.5. The second-order valence-electron chi connectivity index (χ2n) is 5.88. The summed E-state index contributed by atoms with van der Waals surface area (Å²) in [5.74, 6) is 1.74. The molecule has 0 bridgehead atoms. The summed E-state index contributed by atoms with van der Waals surface area (Å²) in [6.45, 7) is 7.99. The zero-order valence-electron chi connectivity index (χ0n) is 13.9. The maximum absolute atomic E-state index is 11.3. The number of rotatable bonds is 6. The standard InChI is InChI=1S/C15H26N6O/c1-11-12(2)18-15(20(3)4)19-14(11)17-6-5-8-21-9-7-16-13(22)10-21/h5-10H2,1-4H3,(H,16,22)(H,17,18,19). The molecular weight excluding hydrogens is 280 g/mol. The van der Waals surface area contributed by atoms with Crippen LogP contribution in [0.4, 0.5) is 11.8 Å². The largest absolute Gasteiger partial charge is 0.370 e. The topological polar surface area (TPSA) is 73.4 Å². The van der Waals surface area contributed by atoms with E-state index >= 15 is 0 Å². The molecule has 22 heavy (non-hydrogen) atoms. The fraction of sp³-hybridized carbons (Fsp3) is 0.667. The third-order valence-electron chi connectivity index (χ3n) is 3.84. The number of nitrogens with one attached hydrogen (secondary N) is 2. The Bertz CT molecular complexity index is 531. The zero-order chi connectivity index (χ0) is 16.1. The van der Waals surface area contributed by atoms with Gasteiger partial charge in [-0.05, 0) is 20.3 Å². The van der Waals surface area contributed by atoms with Crippen molar-refractivity contribution in [1.29, 1.82) is 0 Å². The molecule has 7 nitrogen and oxygen atoms in total. The van der Waals surface area contributed by atoms with Crippen LogP contribution in [0.2, 0.25) is 0 Å². The van der Waals surface area contributed by atoms with Crippen LogP contribution in [-0.2, 0) is 4.79 Å². The van der Waals surface area contributed by atoms with Crippen LogP contribution in [0.15, 0.2) is 0 Å². The molecule has 0 radical (unpaired) electrons. The van der Waals surface area contributed by atoms with Crippen molar-refractivity contribution >= 4 is 17.7 Å². The Kier molecular flexibility index (Phi) is 5.54. The van der Waals surface area contributed by atoms with Crippen molar-refractivity contribution in [3.05, 3.63) is 11.3 Å². The average Bonchev–Trinajstić information content (AvgIpc) is 2.47. The molecule has 0 atom stereocenters. The first kappa shape index (κ1) is 16.5. The van der Waals surface area contributed by atoms with Gasteiger partial charge in [-0.25, -0.2) is 4.98 Å². The molecule has 1 aromatic heterocycles. The molecule has 0 aromatic carbocycles. The minimum atomic E-state index is 0.122. The van der Waals surface area contributed by atoms with Crippen molar-refractivity contribution in [2.75, 3.05) is 57.0 Å². The van der Waals surface area contributed by atoms with Crippen LogP contribution in [0.5, 0.6) is 0 Å². The van der Waals surface area contributed by atoms with Crippen molar-refractivity contribution in [2.24, 2.45) is 0 Å². The molecule has 0 aliphatic carbocycles. The molecule has 2 rings (SSSR count). The Morgan fingerprint density at radius 1 is 1.32 bits per heavy atom. The average molecular weight is 306 g/mol. The Hall–Kier alpha value is -1.89. The number of hydrogen-bond donors (Lipinski definition) is 2. The monoisotopic (exact) mass is 306 g/mol. The SMILES string of the molecule is Cc1nc(N(C)C)nc(NCCCN2CCNC(=O)C2)c1C. The van der Waals surface area contributed by atoms with Gasteiger partial charge >= 0.3 is 0 Å². The lowest BCUT2D eigenvalue weighted by Crippen LogP contribution is -2.47. The van der Waals surface area contributed by atoms with E-state index in [2.05, 4.69) is 25.5 Å². The fourth-order valence-electron chi connectivity index (χ4n) is 2.38. The van der Waals surface area contributed by atoms with E-state index in [4.69, 9.17) is 0 Å². The van der Waals surface area contributed by atoms with Gasteiger partial charge in [-0.2, -0.15) is 4.98 Å². The summed E-state index contributed by atoms with van der Waals surface area (Å²) in [6, 6.07) is 0. The van der Waals surface area contributed by atoms with Crippen LogP contribution in [0, 0.1) is 13.8 Å². The van der Waals surface area contributed by atoms with E-state index in [1.165, 1.54) is 0 Å². The summed E-state index contributed by atoms with van der Waals surface area (Å²) in [6.07, 6.45) is 0.979. The van der Waals surface area contributed by atoms with Crippen LogP contribution in [0.3, 0.4) is 0 Å². The third-order valence-corrected chi connectivity index (χ3v) is 3.84. The van der Waals surface area contributed by atoms with Gasteiger partial charge in [0, 0.05) is 51.5 Å². The Balaban J connectivity index is 1.85. The van der Waals surface area contributed by atoms with Crippen molar-refractivity contribution in [2.45, 2.75) is 20.3 Å². The van der Waals surface area contributed by atoms with Gasteiger partial charge in [-0.3, -0.25) is 9.69 Å². The van der Waals surface area contributed by atoms with Crippen molar-refractivity contribution in [3.63, 3.8) is 0 Å². The number of piperazine rings is 1. The van der Waals surface area contributed by atoms with Crippen LogP contribution < -0.4 is 15.5 Å². The van der Waals surface area contributed by atoms with E-state index < -0.39 is 0 Å². The maximum atomic E-state index is 11.3. The Labute approximate surface area is 132 Å². The van der Waals surface area contributed by atoms with Gasteiger partial charge in [0.1, 0.15) is 5.82 Å². The second kappa shape index (κ2) is 7.40. The molecule has 2 N–H and O–H groups in total. The van der Waals surface area contributed by atoms with E-state index in [0.29, 0.717) is 6.54 Å². The molecule has 1 saturated heterocycles. The summed E-state index contributed by atoms with van der Waals surface area (Å²) in [5, 5.41) is 6.24. The number of aromatic nitrogens is 2. The van der Waals surface area contributed by atoms with Gasteiger partial charge in [0.15, 0.2) is 0 Å². The summed E-state index contributed by atoms with van der Waals surface area (Å²) < 4.78 is 0. The molecular formula is C15H26N6O. The number of amides is 1. The van der Waals surface area contributed by atoms with Crippen molar-refractivity contribution in [1.82, 2.24) is 20.2 Å². The van der Waals surface area contributed by atoms with Crippen molar-refractivity contribution < 1.29 is 4.79 Å². The van der Waals surface area contributed by atoms with E-state index in [1.807, 2.05) is 32.8 Å². The first-order valence-electron chi connectivity index (χ1n) is 7.73. The van der Waals surface area contributed by atoms with Gasteiger partial charge in [-0.15, -0.1) is 0 Å². The number of carbonyl (C=O) groups excluding carboxylic acids is 1. The third kappa shape index (κ3) is 4.30. The fourth-order valence-corrected chi connectivity index (χ4v) is 2.38. The maximum Gasteiger partial charge on any atom is 0.234 e. The van der Waals surface area contributed by atoms with Crippen molar-refractivity contribution in [3.8, 4) is 0 Å². The molecule has 0 saturated carbocycles. The Morgan fingerprint density at radius 3 is 2.77 bits per heavy atom. The lowest BCUT2D eigenvalue weighted by atomic mass is 10.2. The Morgan fingerprint density at radius 2 is 2.09 bits per heavy atom. The molecule has 0 unspecified atom stereocenters. The van der Waals surface area contributed by atoms with Crippen LogP contribution in [-0.4, -0.2) is 67.6 Å². The lowest BCUT2D eigenvalue weighted by molar-refractivity contribution is -0.124. The predicted octanol–water partition coefficient (Wildman–Crippen LogP) is 0.393. The van der Waals surface area contributed by atoms with Gasteiger partial charge in [0.2, 0.25) is 11.9 Å². The van der Waals surface area contributed by atoms with Crippen LogP contribution in [0.1, 0.15) is 17.7 Å². The number of aryl methyl sites for hydroxylation is 1. The quantitative estimate of drug-likeness (QED) is 0.741. The van der Waals surface area contributed by atoms with Crippen LogP contribution >= 0.6 is 0 Å². The highest BCUT2D eigenvalue weighted by Gasteiger charge is 2.15. The molecule has 1 aliphatic rings. The molecule has 1 aliphatic heterocycles. The molecule has 2 heterocycles. The number of carbonyl (C=O) groups is 1. The molecule has 1 aromatic rings. The van der Waals surface area contributed by atoms with E-state index in [0.717, 1.165) is 55.6 Å². The highest BCUT2D eigenvalue weighted by molar-refractivity contribution is 5.78. The minimum Gasteiger partial charge on any atom is -0.370 e. The summed E-state index contributed by atoms with van der Waals surface area (Å²) in [4.78, 5) is 24.4. The second-order valence-corrected chi connectivity index (χ2v) is 5.88. The number of anilines is 2. The van der Waals surface area contributed by atoms with Gasteiger partial charge in [-0.1, -0.05) is 0 Å². The number of nitrogens with zero attached hydrogens (tertiary/aromatic N) is 4. The van der Waals surface area contributed by atoms with Crippen LogP contribution in [0.25, 0.3) is 0 Å². The lowest BCUT2D eigenvalue weighted by Gasteiger charge is -2.26. The van der Waals surface area contributed by atoms with Gasteiger partial charge in [0.25, 0.3) is 0 Å². The predicted molar refractivity (Wildman–Crippen MR) is 88.4 cm³/mol. The van der Waals surface area contributed by atoms with Gasteiger partial charge in [0.05, 0.1) is 6.54 Å². The summed E-state index contributed by atoms with van der Waals surface area (Å²) >= 11 is 0. The van der Waals surface area contributed by atoms with E-state index in [1.54, 1.807) is 0 Å². The molecule has 0 spiro atoms. The molecule has 1 amide bonds. The van der Waals surface area contributed by atoms with E-state index in [9.17, 15) is 4.79 Å². The van der Waals surface area contributed by atoms with E-state index in [-0.39, 0.29) is 5.91 Å². The molecule has 122 valence electrons. The number of hydrogen-bond acceptors (Lipinski definition) is 6.